The maximum Gasteiger partial charge on any atom is 0.407 e. The molecule has 3 aliphatic carbocycles. The van der Waals surface area contributed by atoms with Crippen molar-refractivity contribution in [2.45, 2.75) is 156 Å². The largest absolute Gasteiger partial charge is 0.497 e. The van der Waals surface area contributed by atoms with Crippen LogP contribution in [-0.4, -0.2) is 88.1 Å². The summed E-state index contributed by atoms with van der Waals surface area (Å²) in [5.41, 5.74) is 2.64. The second-order valence-corrected chi connectivity index (χ2v) is 19.9. The molecule has 0 aliphatic heterocycles. The molecular weight excluding hydrogens is 825 g/mol. The fourth-order valence-corrected chi connectivity index (χ4v) is 10.6. The van der Waals surface area contributed by atoms with Gasteiger partial charge in [0.05, 0.1) is 26.7 Å². The summed E-state index contributed by atoms with van der Waals surface area (Å²) < 4.78 is 11.0. The Hall–Kier alpha value is -4.62. The summed E-state index contributed by atoms with van der Waals surface area (Å²) in [5.74, 6) is 1.79. The summed E-state index contributed by atoms with van der Waals surface area (Å²) in [7, 11) is 1.55. The maximum absolute atomic E-state index is 12.7. The molecule has 6 unspecified atom stereocenters. The number of amides is 6. The molecule has 2 saturated carbocycles. The van der Waals surface area contributed by atoms with E-state index in [1.807, 2.05) is 0 Å². The van der Waals surface area contributed by atoms with Gasteiger partial charge in [0.15, 0.2) is 0 Å². The predicted octanol–water partition coefficient (Wildman–Crippen LogP) is 7.51. The number of fused-ring (bicyclic) bond motifs is 1. The highest BCUT2D eigenvalue weighted by Crippen LogP contribution is 2.56. The van der Waals surface area contributed by atoms with Crippen LogP contribution >= 0.6 is 0 Å². The van der Waals surface area contributed by atoms with Crippen LogP contribution in [0.15, 0.2) is 35.9 Å². The average molecular weight is 907 g/mol. The van der Waals surface area contributed by atoms with Crippen molar-refractivity contribution in [3.05, 3.63) is 41.5 Å². The average Bonchev–Trinajstić information content (AvgIpc) is 3.68. The highest BCUT2D eigenvalue weighted by molar-refractivity contribution is 5.94. The molecule has 0 saturated heterocycles. The Balaban J connectivity index is 0.985. The number of unbranched alkanes of at least 4 members (excludes halogenated alkanes) is 2. The van der Waals surface area contributed by atoms with Gasteiger partial charge in [-0.3, -0.25) is 24.0 Å². The number of allylic oxidation sites excluding steroid dienone is 1. The zero-order chi connectivity index (χ0) is 47.2. The number of ether oxygens (including phenoxy) is 2. The van der Waals surface area contributed by atoms with Crippen LogP contribution in [0.5, 0.6) is 5.75 Å². The number of benzene rings is 1. The lowest BCUT2D eigenvalue weighted by atomic mass is 9.57. The van der Waals surface area contributed by atoms with Gasteiger partial charge in [0.1, 0.15) is 11.9 Å². The zero-order valence-corrected chi connectivity index (χ0v) is 40.5. The van der Waals surface area contributed by atoms with Gasteiger partial charge in [0.25, 0.3) is 5.91 Å². The Bertz CT molecular complexity index is 1730. The Labute approximate surface area is 389 Å². The van der Waals surface area contributed by atoms with Gasteiger partial charge in [0.2, 0.25) is 23.6 Å². The van der Waals surface area contributed by atoms with E-state index in [1.54, 1.807) is 31.4 Å². The summed E-state index contributed by atoms with van der Waals surface area (Å²) in [6.07, 6.45) is 20.7. The van der Waals surface area contributed by atoms with Gasteiger partial charge in [-0.2, -0.15) is 0 Å². The van der Waals surface area contributed by atoms with Gasteiger partial charge in [-0.25, -0.2) is 4.79 Å². The summed E-state index contributed by atoms with van der Waals surface area (Å²) in [4.78, 5) is 73.5. The number of alkyl carbamates (subject to hydrolysis) is 1. The normalized spacial score (nSPS) is 23.0. The van der Waals surface area contributed by atoms with Crippen LogP contribution in [0.2, 0.25) is 0 Å². The first kappa shape index (κ1) is 53.0. The van der Waals surface area contributed by atoms with Gasteiger partial charge in [-0.15, -0.1) is 0 Å². The van der Waals surface area contributed by atoms with Crippen LogP contribution in [0, 0.1) is 34.5 Å². The topological polar surface area (TPSA) is 193 Å². The van der Waals surface area contributed by atoms with Gasteiger partial charge < -0.3 is 41.4 Å². The Morgan fingerprint density at radius 3 is 2.06 bits per heavy atom. The van der Waals surface area contributed by atoms with E-state index in [1.165, 1.54) is 63.4 Å². The second-order valence-electron chi connectivity index (χ2n) is 19.9. The monoisotopic (exact) mass is 907 g/mol. The minimum atomic E-state index is -0.550. The number of methoxy groups -OCH3 is 1. The molecule has 2 fully saturated rings. The number of rotatable bonds is 27. The van der Waals surface area contributed by atoms with E-state index in [-0.39, 0.29) is 55.5 Å². The fourth-order valence-electron chi connectivity index (χ4n) is 10.6. The molecule has 6 amide bonds. The van der Waals surface area contributed by atoms with E-state index < -0.39 is 17.7 Å². The number of carbonyl (C=O) groups excluding carboxylic acids is 6. The number of nitrogens with one attached hydrogen (secondary N) is 6. The van der Waals surface area contributed by atoms with Crippen LogP contribution in [0.4, 0.5) is 4.79 Å². The second kappa shape index (κ2) is 27.1. The number of hydrogen-bond donors (Lipinski definition) is 6. The molecule has 14 heteroatoms. The predicted molar refractivity (Wildman–Crippen MR) is 254 cm³/mol. The molecule has 3 aliphatic rings. The van der Waals surface area contributed by atoms with Gasteiger partial charge in [-0.05, 0) is 129 Å². The first-order chi connectivity index (χ1) is 31.1. The van der Waals surface area contributed by atoms with E-state index in [0.29, 0.717) is 61.5 Å². The molecule has 6 atom stereocenters. The molecule has 1 aromatic rings. The molecule has 0 spiro atoms. The van der Waals surface area contributed by atoms with Crippen molar-refractivity contribution in [1.82, 2.24) is 31.9 Å². The Kier molecular flexibility index (Phi) is 22.1. The summed E-state index contributed by atoms with van der Waals surface area (Å²) in [6.45, 7) is 12.5. The van der Waals surface area contributed by atoms with Gasteiger partial charge in [0, 0.05) is 38.0 Å². The summed E-state index contributed by atoms with van der Waals surface area (Å²) >= 11 is 0. The van der Waals surface area contributed by atoms with Crippen molar-refractivity contribution in [2.24, 2.45) is 34.5 Å². The minimum Gasteiger partial charge on any atom is -0.497 e. The third kappa shape index (κ3) is 17.9. The highest BCUT2D eigenvalue weighted by atomic mass is 16.6. The third-order valence-corrected chi connectivity index (χ3v) is 14.6. The van der Waals surface area contributed by atoms with Gasteiger partial charge in [-0.1, -0.05) is 78.4 Å². The first-order valence-corrected chi connectivity index (χ1v) is 24.7. The molecule has 0 aromatic heterocycles. The van der Waals surface area contributed by atoms with E-state index in [4.69, 9.17) is 9.47 Å². The van der Waals surface area contributed by atoms with Crippen molar-refractivity contribution in [3.8, 4) is 5.75 Å². The maximum atomic E-state index is 12.7. The van der Waals surface area contributed by atoms with Crippen molar-refractivity contribution in [3.63, 3.8) is 0 Å². The SMILES string of the molecule is COc1ccc(C(=O)NCCCNC(=O)CNC(=O)CNC(=O)CNC(=O)CCCCCNC(=O)OC2CCC3(C)C(=CCCC3CCC3(C)CCCC3C(C)CCCC(C)C)C2)cc1. The standard InChI is InChI=1S/C51H82N6O8/c1-36(2)14-10-15-37(3)43-18-12-26-50(43,4)27-24-39-16-11-17-40-32-42(25-28-51(39,40)5)65-49(63)54-29-9-7-8-19-44(58)55-34-46(60)57-35-47(61)56-33-45(59)52-30-13-31-53-48(62)38-20-22-41(64-6)23-21-38/h17,20-23,36-37,39,42-43H,7-16,18-19,24-35H2,1-6H3,(H,52,59)(H,53,62)(H,54,63)(H,55,58)(H,56,61)(H,57,60). The molecule has 1 aromatic carbocycles. The van der Waals surface area contributed by atoms with Crippen molar-refractivity contribution < 1.29 is 38.2 Å². The van der Waals surface area contributed by atoms with Crippen LogP contribution < -0.4 is 36.6 Å². The van der Waals surface area contributed by atoms with E-state index >= 15 is 0 Å². The molecule has 364 valence electrons. The smallest absolute Gasteiger partial charge is 0.407 e. The van der Waals surface area contributed by atoms with E-state index in [0.717, 1.165) is 49.9 Å². The quantitative estimate of drug-likeness (QED) is 0.0386. The lowest BCUT2D eigenvalue weighted by Crippen LogP contribution is -2.44. The summed E-state index contributed by atoms with van der Waals surface area (Å²) in [6, 6.07) is 6.72. The molecule has 4 rings (SSSR count). The van der Waals surface area contributed by atoms with Crippen LogP contribution in [0.3, 0.4) is 0 Å². The van der Waals surface area contributed by atoms with E-state index in [9.17, 15) is 28.8 Å². The van der Waals surface area contributed by atoms with Gasteiger partial charge >= 0.3 is 6.09 Å². The van der Waals surface area contributed by atoms with Crippen LogP contribution in [0.25, 0.3) is 0 Å². The summed E-state index contributed by atoms with van der Waals surface area (Å²) in [5, 5.41) is 15.7. The van der Waals surface area contributed by atoms with E-state index in [2.05, 4.69) is 72.6 Å². The fraction of sp³-hybridized carbons (Fsp3) is 0.725. The number of carbonyl (C=O) groups is 6. The lowest BCUT2D eigenvalue weighted by Gasteiger charge is -2.48. The molecule has 0 radical (unpaired) electrons. The lowest BCUT2D eigenvalue weighted by molar-refractivity contribution is -0.128. The zero-order valence-electron chi connectivity index (χ0n) is 40.5. The molecule has 14 nitrogen and oxygen atoms in total. The van der Waals surface area contributed by atoms with Crippen molar-refractivity contribution in [2.75, 3.05) is 46.4 Å². The van der Waals surface area contributed by atoms with Crippen molar-refractivity contribution >= 4 is 35.6 Å². The molecule has 65 heavy (non-hydrogen) atoms. The molecule has 6 N–H and O–H groups in total. The molecular formula is C51H82N6O8. The van der Waals surface area contributed by atoms with Crippen molar-refractivity contribution in [1.29, 1.82) is 0 Å². The third-order valence-electron chi connectivity index (χ3n) is 14.6. The Morgan fingerprint density at radius 1 is 0.708 bits per heavy atom. The molecule has 0 bridgehead atoms. The molecule has 0 heterocycles. The minimum absolute atomic E-state index is 0.102. The highest BCUT2D eigenvalue weighted by Gasteiger charge is 2.46. The van der Waals surface area contributed by atoms with Crippen LogP contribution in [0.1, 0.15) is 161 Å². The first-order valence-electron chi connectivity index (χ1n) is 24.7. The number of hydrogen-bond acceptors (Lipinski definition) is 8. The Morgan fingerprint density at radius 2 is 1.37 bits per heavy atom. The van der Waals surface area contributed by atoms with Crippen LogP contribution in [-0.2, 0) is 23.9 Å².